The number of rotatable bonds is 8. The van der Waals surface area contributed by atoms with Crippen LogP contribution in [0.25, 0.3) is 28.2 Å². The molecule has 1 amide bonds. The summed E-state index contributed by atoms with van der Waals surface area (Å²) in [5.74, 6) is -1.80. The quantitative estimate of drug-likeness (QED) is 0.196. The molecule has 1 fully saturated rings. The number of nitrogens with zero attached hydrogens (tertiary/aromatic N) is 5. The van der Waals surface area contributed by atoms with Crippen molar-refractivity contribution in [3.63, 3.8) is 0 Å². The number of ether oxygens (including phenoxy) is 3. The molecule has 2 N–H and O–H groups in total. The van der Waals surface area contributed by atoms with E-state index in [9.17, 15) is 15.0 Å². The minimum Gasteiger partial charge on any atom is -0.496 e. The van der Waals surface area contributed by atoms with Crippen molar-refractivity contribution in [2.45, 2.75) is 49.1 Å². The van der Waals surface area contributed by atoms with Gasteiger partial charge in [-0.3, -0.25) is 14.4 Å². The minimum absolute atomic E-state index is 0.0709. The van der Waals surface area contributed by atoms with E-state index in [-0.39, 0.29) is 23.7 Å². The lowest BCUT2D eigenvalue weighted by Gasteiger charge is -2.38. The van der Waals surface area contributed by atoms with Gasteiger partial charge in [0.25, 0.3) is 5.91 Å². The van der Waals surface area contributed by atoms with Crippen LogP contribution in [0.15, 0.2) is 41.2 Å². The van der Waals surface area contributed by atoms with Gasteiger partial charge in [0.1, 0.15) is 41.6 Å². The van der Waals surface area contributed by atoms with E-state index in [0.717, 1.165) is 27.4 Å². The summed E-state index contributed by atoms with van der Waals surface area (Å²) in [7, 11) is 10.6. The number of carbonyl (C=O) groups excluding carboxylic acids is 1. The summed E-state index contributed by atoms with van der Waals surface area (Å²) >= 11 is 1.51. The molecule has 1 saturated carbocycles. The highest BCUT2D eigenvalue weighted by molar-refractivity contribution is 7.08. The Morgan fingerprint density at radius 3 is 2.58 bits per heavy atom. The molecule has 0 unspecified atom stereocenters. The van der Waals surface area contributed by atoms with Gasteiger partial charge in [-0.15, -0.1) is 0 Å². The molecular formula is C27H33B4N5O6S. The van der Waals surface area contributed by atoms with Crippen LogP contribution in [-0.4, -0.2) is 102 Å². The highest BCUT2D eigenvalue weighted by Gasteiger charge is 2.44. The summed E-state index contributed by atoms with van der Waals surface area (Å²) in [4.78, 5) is 15.5. The summed E-state index contributed by atoms with van der Waals surface area (Å²) < 4.78 is 21.5. The first-order valence-electron chi connectivity index (χ1n) is 14.3. The first kappa shape index (κ1) is 29.6. The van der Waals surface area contributed by atoms with Gasteiger partial charge in [-0.05, 0) is 48.1 Å². The summed E-state index contributed by atoms with van der Waals surface area (Å²) in [6.45, 7) is 0.0709. The number of methoxy groups -OCH3 is 1. The van der Waals surface area contributed by atoms with Gasteiger partial charge in [0.05, 0.1) is 30.3 Å². The van der Waals surface area contributed by atoms with E-state index >= 15 is 0 Å². The van der Waals surface area contributed by atoms with Crippen LogP contribution in [0.2, 0.25) is 0 Å². The Morgan fingerprint density at radius 2 is 1.95 bits per heavy atom. The Hall–Kier alpha value is -3.45. The first-order valence-corrected chi connectivity index (χ1v) is 15.2. The second-order valence-electron chi connectivity index (χ2n) is 12.2. The van der Waals surface area contributed by atoms with Crippen molar-refractivity contribution in [1.82, 2.24) is 24.5 Å². The molecule has 1 aliphatic carbocycles. The molecule has 0 saturated heterocycles. The van der Waals surface area contributed by atoms with E-state index in [1.807, 2.05) is 71.8 Å². The number of carbonyl (C=O) groups is 1. The fourth-order valence-corrected chi connectivity index (χ4v) is 6.74. The fraction of sp³-hybridized carbons (Fsp3) is 0.370. The third kappa shape index (κ3) is 5.64. The molecule has 2 atom stereocenters. The van der Waals surface area contributed by atoms with E-state index in [2.05, 4.69) is 5.10 Å². The number of aromatic nitrogens is 4. The zero-order chi connectivity index (χ0) is 30.7. The smallest absolute Gasteiger partial charge is 0.278 e. The van der Waals surface area contributed by atoms with Gasteiger partial charge >= 0.3 is 0 Å². The molecule has 220 valence electrons. The first-order chi connectivity index (χ1) is 20.3. The van der Waals surface area contributed by atoms with Gasteiger partial charge in [0.2, 0.25) is 7.85 Å². The van der Waals surface area contributed by atoms with Crippen LogP contribution in [-0.2, 0) is 18.4 Å². The number of amides is 1. The summed E-state index contributed by atoms with van der Waals surface area (Å²) in [6, 6.07) is 7.15. The van der Waals surface area contributed by atoms with Gasteiger partial charge in [0.15, 0.2) is 11.5 Å². The third-order valence-electron chi connectivity index (χ3n) is 7.77. The Bertz CT molecular complexity index is 1660. The second kappa shape index (κ2) is 10.9. The van der Waals surface area contributed by atoms with E-state index in [0.29, 0.717) is 42.0 Å². The maximum absolute atomic E-state index is 14.3. The molecule has 4 heterocycles. The van der Waals surface area contributed by atoms with Gasteiger partial charge < -0.3 is 24.4 Å². The zero-order valence-corrected chi connectivity index (χ0v) is 26.0. The average Bonchev–Trinajstić information content (AvgIpc) is 3.73. The Labute approximate surface area is 257 Å². The van der Waals surface area contributed by atoms with Crippen LogP contribution < -0.4 is 9.47 Å². The highest BCUT2D eigenvalue weighted by Crippen LogP contribution is 2.46. The number of benzene rings is 1. The zero-order valence-electron chi connectivity index (χ0n) is 25.2. The van der Waals surface area contributed by atoms with E-state index in [4.69, 9.17) is 19.3 Å². The standard InChI is InChI=1S/C27H33B4N5O6S/c1-34-7-5-20(32-34)17-10-18-22(11-21(17)40-2)41-12-19-23(33-36(24(18)19)15-6-8-43-13-15)25(37)35(27(31,38)39)14-3-4-16(9-14)42-26(28,29)30/h5-8,10-11,13-14,16,38-39H,3-4,9,12,28-31H2,1-2H3/t14-,16-/m0/s1. The van der Waals surface area contributed by atoms with Gasteiger partial charge in [-0.25, -0.2) is 4.68 Å². The molecule has 11 nitrogen and oxygen atoms in total. The maximum Gasteiger partial charge on any atom is 0.278 e. The van der Waals surface area contributed by atoms with Crippen LogP contribution in [0.1, 0.15) is 35.3 Å². The van der Waals surface area contributed by atoms with Crippen molar-refractivity contribution < 1.29 is 29.2 Å². The molecule has 0 spiro atoms. The Balaban J connectivity index is 1.47. The van der Waals surface area contributed by atoms with Crippen LogP contribution in [0.4, 0.5) is 0 Å². The summed E-state index contributed by atoms with van der Waals surface area (Å²) in [5, 5.41) is 34.7. The molecular weight excluding hydrogens is 566 g/mol. The number of hydrogen-bond acceptors (Lipinski definition) is 9. The van der Waals surface area contributed by atoms with Crippen LogP contribution in [0.3, 0.4) is 0 Å². The molecule has 4 aromatic rings. The van der Waals surface area contributed by atoms with Gasteiger partial charge in [0, 0.05) is 47.4 Å². The number of aryl methyl sites for hydroxylation is 1. The molecule has 0 bridgehead atoms. The normalized spacial score (nSPS) is 18.1. The SMILES string of the molecule is BC(B)(B)O[C@H]1CC[C@H](N(C(=O)c2nn(-c3ccsc3)c3c2COc2cc(OC)c(-c4ccn(C)n4)cc2-3)C(B)(O)O)C1. The van der Waals surface area contributed by atoms with Crippen LogP contribution >= 0.6 is 11.3 Å². The van der Waals surface area contributed by atoms with E-state index < -0.39 is 17.8 Å². The Kier molecular flexibility index (Phi) is 7.52. The van der Waals surface area contributed by atoms with Crippen molar-refractivity contribution in [3.8, 4) is 39.7 Å². The molecule has 2 aliphatic rings. The van der Waals surface area contributed by atoms with Crippen molar-refractivity contribution in [1.29, 1.82) is 0 Å². The molecule has 16 heteroatoms. The largest absolute Gasteiger partial charge is 0.496 e. The second-order valence-corrected chi connectivity index (χ2v) is 13.0. The van der Waals surface area contributed by atoms with Crippen molar-refractivity contribution >= 4 is 48.6 Å². The molecule has 3 aromatic heterocycles. The maximum atomic E-state index is 14.3. The molecule has 0 radical (unpaired) electrons. The number of fused-ring (bicyclic) bond motifs is 3. The highest BCUT2D eigenvalue weighted by atomic mass is 32.1. The minimum atomic E-state index is -2.41. The topological polar surface area (TPSA) is 124 Å². The predicted octanol–water partition coefficient (Wildman–Crippen LogP) is -0.978. The number of aliphatic hydroxyl groups is 2. The monoisotopic (exact) mass is 599 g/mol. The fourth-order valence-electron chi connectivity index (χ4n) is 6.12. The van der Waals surface area contributed by atoms with Gasteiger partial charge in [-0.2, -0.15) is 21.5 Å². The van der Waals surface area contributed by atoms with Crippen molar-refractivity contribution in [2.75, 3.05) is 7.11 Å². The number of thiophene rings is 1. The van der Waals surface area contributed by atoms with Crippen LogP contribution in [0.5, 0.6) is 11.5 Å². The van der Waals surface area contributed by atoms with E-state index in [1.165, 1.54) is 19.2 Å². The lowest BCUT2D eigenvalue weighted by molar-refractivity contribution is -0.189. The molecule has 1 aliphatic heterocycles. The third-order valence-corrected chi connectivity index (χ3v) is 8.44. The summed E-state index contributed by atoms with van der Waals surface area (Å²) in [6.07, 6.45) is 3.52. The summed E-state index contributed by atoms with van der Waals surface area (Å²) in [5.41, 5.74) is 4.36. The lowest BCUT2D eigenvalue weighted by atomic mass is 9.52. The Morgan fingerprint density at radius 1 is 1.16 bits per heavy atom. The molecule has 43 heavy (non-hydrogen) atoms. The molecule has 6 rings (SSSR count). The lowest BCUT2D eigenvalue weighted by Crippen LogP contribution is -2.57. The van der Waals surface area contributed by atoms with Gasteiger partial charge in [-0.1, -0.05) is 0 Å². The number of hydrogen-bond donors (Lipinski definition) is 2. The van der Waals surface area contributed by atoms with Crippen molar-refractivity contribution in [2.24, 2.45) is 7.05 Å². The average molecular weight is 599 g/mol. The van der Waals surface area contributed by atoms with Crippen molar-refractivity contribution in [3.05, 3.63) is 52.5 Å². The predicted molar refractivity (Wildman–Crippen MR) is 173 cm³/mol. The molecule has 1 aromatic carbocycles. The van der Waals surface area contributed by atoms with Crippen LogP contribution in [0, 0.1) is 0 Å². The van der Waals surface area contributed by atoms with E-state index in [1.54, 1.807) is 16.5 Å².